The number of ether oxygens (including phenoxy) is 1. The Bertz CT molecular complexity index is 832. The molecule has 1 aliphatic rings. The molecular formula is C21H18O. The van der Waals surface area contributed by atoms with Crippen LogP contribution < -0.4 is 0 Å². The molecule has 108 valence electrons. The van der Waals surface area contributed by atoms with Gasteiger partial charge in [0.15, 0.2) is 0 Å². The van der Waals surface area contributed by atoms with Crippen molar-refractivity contribution in [3.63, 3.8) is 0 Å². The largest absolute Gasteiger partial charge is 0.369 e. The summed E-state index contributed by atoms with van der Waals surface area (Å²) in [5, 5.41) is 2.56. The van der Waals surface area contributed by atoms with Gasteiger partial charge < -0.3 is 4.74 Å². The summed E-state index contributed by atoms with van der Waals surface area (Å²) in [5.41, 5.74) is 3.95. The summed E-state index contributed by atoms with van der Waals surface area (Å²) in [6.07, 6.45) is 5.48. The lowest BCUT2D eigenvalue weighted by atomic mass is 9.98. The van der Waals surface area contributed by atoms with Crippen LogP contribution in [0.15, 0.2) is 72.8 Å². The molecule has 0 N–H and O–H groups in total. The molecule has 22 heavy (non-hydrogen) atoms. The molecule has 0 fully saturated rings. The van der Waals surface area contributed by atoms with Gasteiger partial charge in [-0.05, 0) is 33.5 Å². The third-order valence-electron chi connectivity index (χ3n) is 4.27. The van der Waals surface area contributed by atoms with Crippen molar-refractivity contribution in [1.29, 1.82) is 0 Å². The molecule has 0 radical (unpaired) electrons. The van der Waals surface area contributed by atoms with E-state index < -0.39 is 0 Å². The van der Waals surface area contributed by atoms with Gasteiger partial charge in [0.2, 0.25) is 0 Å². The third kappa shape index (κ3) is 2.68. The van der Waals surface area contributed by atoms with Crippen molar-refractivity contribution in [2.45, 2.75) is 19.1 Å². The molecule has 3 aromatic carbocycles. The first-order valence-corrected chi connectivity index (χ1v) is 7.74. The molecule has 1 atom stereocenters. The summed E-state index contributed by atoms with van der Waals surface area (Å²) in [6, 6.07) is 23.5. The highest BCUT2D eigenvalue weighted by molar-refractivity contribution is 5.84. The van der Waals surface area contributed by atoms with Gasteiger partial charge in [-0.2, -0.15) is 0 Å². The quantitative estimate of drug-likeness (QED) is 0.644. The maximum atomic E-state index is 5.93. The first-order valence-electron chi connectivity index (χ1n) is 7.74. The van der Waals surface area contributed by atoms with Gasteiger partial charge in [-0.25, -0.2) is 0 Å². The van der Waals surface area contributed by atoms with Gasteiger partial charge in [-0.1, -0.05) is 72.8 Å². The van der Waals surface area contributed by atoms with Crippen LogP contribution >= 0.6 is 0 Å². The van der Waals surface area contributed by atoms with Crippen LogP contribution in [-0.4, -0.2) is 6.10 Å². The summed E-state index contributed by atoms with van der Waals surface area (Å²) < 4.78 is 5.93. The summed E-state index contributed by atoms with van der Waals surface area (Å²) >= 11 is 0. The molecule has 0 aliphatic carbocycles. The monoisotopic (exact) mass is 286 g/mol. The third-order valence-corrected chi connectivity index (χ3v) is 4.27. The van der Waals surface area contributed by atoms with Crippen molar-refractivity contribution in [1.82, 2.24) is 0 Å². The van der Waals surface area contributed by atoms with E-state index in [0.29, 0.717) is 6.61 Å². The number of fused-ring (bicyclic) bond motifs is 2. The lowest BCUT2D eigenvalue weighted by Gasteiger charge is -2.22. The van der Waals surface area contributed by atoms with Crippen LogP contribution in [0.1, 0.15) is 16.7 Å². The number of rotatable bonds is 2. The Labute approximate surface area is 130 Å². The van der Waals surface area contributed by atoms with Crippen LogP contribution in [0.4, 0.5) is 0 Å². The van der Waals surface area contributed by atoms with E-state index in [4.69, 9.17) is 4.74 Å². The van der Waals surface area contributed by atoms with Crippen LogP contribution in [0.2, 0.25) is 0 Å². The Morgan fingerprint density at radius 1 is 0.818 bits per heavy atom. The van der Waals surface area contributed by atoms with E-state index in [1.807, 2.05) is 0 Å². The first-order chi connectivity index (χ1) is 10.9. The minimum atomic E-state index is 0.168. The zero-order chi connectivity index (χ0) is 14.8. The number of benzene rings is 3. The van der Waals surface area contributed by atoms with Crippen LogP contribution in [0.3, 0.4) is 0 Å². The number of hydrogen-bond donors (Lipinski definition) is 0. The minimum Gasteiger partial charge on any atom is -0.369 e. The molecule has 0 spiro atoms. The molecule has 0 amide bonds. The van der Waals surface area contributed by atoms with E-state index in [2.05, 4.69) is 78.9 Å². The predicted octanol–water partition coefficient (Wildman–Crippen LogP) is 4.99. The molecule has 3 aromatic rings. The maximum absolute atomic E-state index is 5.93. The smallest absolute Gasteiger partial charge is 0.0804 e. The van der Waals surface area contributed by atoms with Gasteiger partial charge in [0.25, 0.3) is 0 Å². The minimum absolute atomic E-state index is 0.168. The molecular weight excluding hydrogens is 268 g/mol. The van der Waals surface area contributed by atoms with E-state index >= 15 is 0 Å². The second kappa shape index (κ2) is 5.78. The van der Waals surface area contributed by atoms with Crippen LogP contribution in [0.25, 0.3) is 16.8 Å². The van der Waals surface area contributed by atoms with E-state index in [1.165, 1.54) is 27.5 Å². The Morgan fingerprint density at radius 3 is 2.50 bits per heavy atom. The molecule has 0 saturated carbocycles. The lowest BCUT2D eigenvalue weighted by molar-refractivity contribution is 0.0600. The Hall–Kier alpha value is -2.38. The maximum Gasteiger partial charge on any atom is 0.0804 e. The molecule has 0 aromatic heterocycles. The average Bonchev–Trinajstić information content (AvgIpc) is 2.59. The van der Waals surface area contributed by atoms with Crippen LogP contribution in [0, 0.1) is 0 Å². The summed E-state index contributed by atoms with van der Waals surface area (Å²) in [6.45, 7) is 0.711. The normalized spacial score (nSPS) is 17.7. The Morgan fingerprint density at radius 2 is 1.59 bits per heavy atom. The number of hydrogen-bond acceptors (Lipinski definition) is 1. The van der Waals surface area contributed by atoms with E-state index in [-0.39, 0.29) is 6.10 Å². The second-order valence-corrected chi connectivity index (χ2v) is 5.79. The summed E-state index contributed by atoms with van der Waals surface area (Å²) in [4.78, 5) is 0. The van der Waals surface area contributed by atoms with Crippen molar-refractivity contribution in [2.75, 3.05) is 0 Å². The fourth-order valence-electron chi connectivity index (χ4n) is 3.02. The van der Waals surface area contributed by atoms with Crippen molar-refractivity contribution in [3.8, 4) is 0 Å². The van der Waals surface area contributed by atoms with Gasteiger partial charge in [0, 0.05) is 6.42 Å². The van der Waals surface area contributed by atoms with E-state index in [1.54, 1.807) is 0 Å². The molecule has 4 rings (SSSR count). The van der Waals surface area contributed by atoms with Crippen molar-refractivity contribution >= 4 is 16.8 Å². The van der Waals surface area contributed by atoms with E-state index in [0.717, 1.165) is 6.42 Å². The van der Waals surface area contributed by atoms with Gasteiger partial charge in [-0.15, -0.1) is 0 Å². The van der Waals surface area contributed by atoms with Gasteiger partial charge in [-0.3, -0.25) is 0 Å². The molecule has 0 unspecified atom stereocenters. The Kier molecular flexibility index (Phi) is 3.49. The molecule has 1 aliphatic heterocycles. The van der Waals surface area contributed by atoms with Gasteiger partial charge in [0.1, 0.15) is 0 Å². The first kappa shape index (κ1) is 13.3. The highest BCUT2D eigenvalue weighted by atomic mass is 16.5. The zero-order valence-corrected chi connectivity index (χ0v) is 12.4. The molecule has 1 heteroatoms. The predicted molar refractivity (Wildman–Crippen MR) is 91.7 cm³/mol. The van der Waals surface area contributed by atoms with Crippen LogP contribution in [0.5, 0.6) is 0 Å². The van der Waals surface area contributed by atoms with Crippen molar-refractivity contribution < 1.29 is 4.74 Å². The SMILES string of the molecule is C(=C\[C@@H]1Cc2ccccc2CO1)/c1ccc2ccccc2c1. The summed E-state index contributed by atoms with van der Waals surface area (Å²) in [7, 11) is 0. The fourth-order valence-corrected chi connectivity index (χ4v) is 3.02. The standard InChI is InChI=1S/C21H18O/c1-2-6-18-13-16(9-11-17(18)5-1)10-12-21-14-19-7-3-4-8-20(19)15-22-21/h1-13,21H,14-15H2/b12-10+/t21-/m1/s1. The fraction of sp³-hybridized carbons (Fsp3) is 0.143. The molecule has 1 nitrogen and oxygen atoms in total. The molecule has 0 saturated heterocycles. The molecule has 1 heterocycles. The highest BCUT2D eigenvalue weighted by Crippen LogP contribution is 2.22. The van der Waals surface area contributed by atoms with Gasteiger partial charge in [0.05, 0.1) is 12.7 Å². The van der Waals surface area contributed by atoms with Crippen LogP contribution in [-0.2, 0) is 17.8 Å². The average molecular weight is 286 g/mol. The van der Waals surface area contributed by atoms with E-state index in [9.17, 15) is 0 Å². The lowest BCUT2D eigenvalue weighted by Crippen LogP contribution is -2.19. The van der Waals surface area contributed by atoms with Crippen molar-refractivity contribution in [2.24, 2.45) is 0 Å². The van der Waals surface area contributed by atoms with Crippen molar-refractivity contribution in [3.05, 3.63) is 89.5 Å². The topological polar surface area (TPSA) is 9.23 Å². The van der Waals surface area contributed by atoms with Gasteiger partial charge >= 0.3 is 0 Å². The Balaban J connectivity index is 1.54. The highest BCUT2D eigenvalue weighted by Gasteiger charge is 2.15. The second-order valence-electron chi connectivity index (χ2n) is 5.79. The zero-order valence-electron chi connectivity index (χ0n) is 12.4. The molecule has 0 bridgehead atoms. The summed E-state index contributed by atoms with van der Waals surface area (Å²) in [5.74, 6) is 0.